The Kier molecular flexibility index (Phi) is 8.54. The van der Waals surface area contributed by atoms with E-state index in [1.807, 2.05) is 61.5 Å². The maximum Gasteiger partial charge on any atom is 0.344 e. The van der Waals surface area contributed by atoms with Crippen LogP contribution in [0.5, 0.6) is 0 Å². The summed E-state index contributed by atoms with van der Waals surface area (Å²) >= 11 is 0. The van der Waals surface area contributed by atoms with E-state index in [9.17, 15) is 19.5 Å². The monoisotopic (exact) mass is 584 g/mol. The predicted octanol–water partition coefficient (Wildman–Crippen LogP) is 6.82. The van der Waals surface area contributed by atoms with E-state index in [0.717, 1.165) is 36.0 Å². The van der Waals surface area contributed by atoms with Crippen LogP contribution in [0.3, 0.4) is 0 Å². The van der Waals surface area contributed by atoms with Crippen LogP contribution in [0.15, 0.2) is 73.3 Å². The molecule has 228 valence electrons. The second-order valence-corrected chi connectivity index (χ2v) is 13.5. The molecule has 3 fully saturated rings. The zero-order valence-electron chi connectivity index (χ0n) is 25.8. The summed E-state index contributed by atoms with van der Waals surface area (Å²) in [6, 6.07) is 17.8. The van der Waals surface area contributed by atoms with Crippen LogP contribution in [0, 0.1) is 34.0 Å². The Balaban J connectivity index is 1.31. The lowest BCUT2D eigenvalue weighted by molar-refractivity contribution is -0.208. The molecule has 43 heavy (non-hydrogen) atoms. The van der Waals surface area contributed by atoms with Crippen LogP contribution in [0.1, 0.15) is 65.4 Å². The number of benzene rings is 2. The third-order valence-electron chi connectivity index (χ3n) is 11.3. The van der Waals surface area contributed by atoms with Crippen molar-refractivity contribution in [1.82, 2.24) is 0 Å². The molecule has 0 radical (unpaired) electrons. The summed E-state index contributed by atoms with van der Waals surface area (Å²) in [6.07, 6.45) is 6.65. The number of esters is 2. The van der Waals surface area contributed by atoms with Gasteiger partial charge in [-0.15, -0.1) is 6.58 Å². The first-order valence-electron chi connectivity index (χ1n) is 15.5. The van der Waals surface area contributed by atoms with Crippen LogP contribution in [0.25, 0.3) is 17.2 Å². The van der Waals surface area contributed by atoms with Crippen molar-refractivity contribution in [3.8, 4) is 11.1 Å². The molecule has 0 amide bonds. The average Bonchev–Trinajstić information content (AvgIpc) is 3.37. The molecule has 3 aliphatic carbocycles. The van der Waals surface area contributed by atoms with Crippen LogP contribution in [0.4, 0.5) is 0 Å². The summed E-state index contributed by atoms with van der Waals surface area (Å²) in [5.74, 6) is -1.40. The minimum absolute atomic E-state index is 0.100. The van der Waals surface area contributed by atoms with Gasteiger partial charge in [-0.1, -0.05) is 82.3 Å². The molecule has 0 aliphatic heterocycles. The summed E-state index contributed by atoms with van der Waals surface area (Å²) in [7, 11) is 0. The summed E-state index contributed by atoms with van der Waals surface area (Å²) < 4.78 is 11.4. The normalized spacial score (nSPS) is 35.5. The molecule has 8 atom stereocenters. The highest BCUT2D eigenvalue weighted by Gasteiger charge is 2.68. The third-order valence-corrected chi connectivity index (χ3v) is 11.3. The Hall–Kier alpha value is -3.51. The van der Waals surface area contributed by atoms with E-state index in [1.165, 1.54) is 6.08 Å². The van der Waals surface area contributed by atoms with Gasteiger partial charge in [0.2, 0.25) is 0 Å². The first kappa shape index (κ1) is 30.9. The van der Waals surface area contributed by atoms with Crippen LogP contribution in [0.2, 0.25) is 0 Å². The first-order valence-corrected chi connectivity index (χ1v) is 15.5. The minimum Gasteiger partial charge on any atom is -0.459 e. The average molecular weight is 585 g/mol. The highest BCUT2D eigenvalue weighted by molar-refractivity contribution is 5.89. The van der Waals surface area contributed by atoms with Gasteiger partial charge in [0.1, 0.15) is 11.9 Å². The molecule has 2 aromatic rings. The maximum absolute atomic E-state index is 13.5. The minimum atomic E-state index is -0.735. The zero-order valence-corrected chi connectivity index (χ0v) is 25.8. The summed E-state index contributed by atoms with van der Waals surface area (Å²) in [4.78, 5) is 39.3. The number of hydrogen-bond acceptors (Lipinski definition) is 6. The van der Waals surface area contributed by atoms with Crippen LogP contribution in [-0.4, -0.2) is 41.6 Å². The molecule has 0 spiro atoms. The van der Waals surface area contributed by atoms with Gasteiger partial charge >= 0.3 is 11.9 Å². The van der Waals surface area contributed by atoms with Crippen molar-refractivity contribution in [1.29, 1.82) is 0 Å². The Morgan fingerprint density at radius 1 is 1.05 bits per heavy atom. The molecular weight excluding hydrogens is 540 g/mol. The quantitative estimate of drug-likeness (QED) is 0.218. The topological polar surface area (TPSA) is 89.9 Å². The van der Waals surface area contributed by atoms with Gasteiger partial charge < -0.3 is 14.6 Å². The number of aliphatic hydroxyl groups is 1. The fourth-order valence-electron chi connectivity index (χ4n) is 8.49. The van der Waals surface area contributed by atoms with E-state index in [-0.39, 0.29) is 29.0 Å². The van der Waals surface area contributed by atoms with Crippen molar-refractivity contribution in [3.63, 3.8) is 0 Å². The Morgan fingerprint density at radius 2 is 1.77 bits per heavy atom. The molecule has 0 saturated heterocycles. The molecule has 2 aromatic carbocycles. The van der Waals surface area contributed by atoms with Crippen molar-refractivity contribution in [2.75, 3.05) is 6.61 Å². The molecule has 1 N–H and O–H groups in total. The Bertz CT molecular complexity index is 1410. The highest BCUT2D eigenvalue weighted by Crippen LogP contribution is 2.68. The largest absolute Gasteiger partial charge is 0.459 e. The fraction of sp³-hybridized carbons (Fsp3) is 0.486. The molecule has 5 rings (SSSR count). The van der Waals surface area contributed by atoms with Crippen molar-refractivity contribution < 1.29 is 29.0 Å². The summed E-state index contributed by atoms with van der Waals surface area (Å²) in [5.41, 5.74) is 1.25. The van der Waals surface area contributed by atoms with Gasteiger partial charge in [-0.05, 0) is 71.8 Å². The van der Waals surface area contributed by atoms with Crippen molar-refractivity contribution in [2.45, 2.75) is 72.0 Å². The predicted molar refractivity (Wildman–Crippen MR) is 167 cm³/mol. The molecule has 6 nitrogen and oxygen atoms in total. The number of carbonyl (C=O) groups is 3. The van der Waals surface area contributed by atoms with Gasteiger partial charge in [-0.2, -0.15) is 0 Å². The lowest BCUT2D eigenvalue weighted by atomic mass is 9.44. The maximum atomic E-state index is 13.5. The van der Waals surface area contributed by atoms with Gasteiger partial charge in [-0.3, -0.25) is 4.79 Å². The SMILES string of the molecule is C=CC1(C)C[C@@H](OC(=O)COC(=O)/C=C/c2cccc(-c3ccccc3)c2)[C@@]2(C)[C@@H]3C(=O)CCC3(CC[C@@H]2C)[C@@H](C)[C@@H]1O. The second-order valence-electron chi connectivity index (χ2n) is 13.5. The van der Waals surface area contributed by atoms with E-state index in [2.05, 4.69) is 27.4 Å². The number of ether oxygens (including phenoxy) is 2. The van der Waals surface area contributed by atoms with E-state index >= 15 is 0 Å². The number of aliphatic hydroxyl groups excluding tert-OH is 1. The number of rotatable bonds is 7. The van der Waals surface area contributed by atoms with E-state index < -0.39 is 41.6 Å². The molecule has 2 bridgehead atoms. The van der Waals surface area contributed by atoms with E-state index in [4.69, 9.17) is 9.47 Å². The van der Waals surface area contributed by atoms with Crippen molar-refractivity contribution >= 4 is 23.8 Å². The fourth-order valence-corrected chi connectivity index (χ4v) is 8.49. The number of ketones is 1. The first-order chi connectivity index (χ1) is 20.4. The van der Waals surface area contributed by atoms with Crippen LogP contribution in [-0.2, 0) is 23.9 Å². The summed E-state index contributed by atoms with van der Waals surface area (Å²) in [5, 5.41) is 11.7. The standard InChI is InChI=1S/C37H44O6/c1-6-35(4)22-30(36(5)24(2)17-19-37(25(3)34(35)41)20-18-29(38)33(36)37)43-32(40)23-42-31(39)16-15-26-11-10-14-28(21-26)27-12-8-7-9-13-27/h6-16,21,24-25,30,33-34,41H,1,17-20,22-23H2,2-5H3/b16-15+/t24-,25-,30+,33-,34-,35?,36-,37?/m0/s1. The molecule has 6 heteroatoms. The number of carbonyl (C=O) groups excluding carboxylic acids is 3. The van der Waals surface area contributed by atoms with Gasteiger partial charge in [0, 0.05) is 29.2 Å². The van der Waals surface area contributed by atoms with Crippen molar-refractivity contribution in [2.24, 2.45) is 34.0 Å². The Morgan fingerprint density at radius 3 is 2.49 bits per heavy atom. The van der Waals surface area contributed by atoms with E-state index in [1.54, 1.807) is 12.2 Å². The molecule has 3 saturated carbocycles. The molecule has 0 aromatic heterocycles. The van der Waals surface area contributed by atoms with E-state index in [0.29, 0.717) is 12.8 Å². The van der Waals surface area contributed by atoms with Gasteiger partial charge in [-0.25, -0.2) is 9.59 Å². The zero-order chi connectivity index (χ0) is 31.0. The smallest absolute Gasteiger partial charge is 0.344 e. The second kappa shape index (κ2) is 11.9. The number of Topliss-reactive ketones (excluding diaryl/α,β-unsaturated/α-hetero) is 1. The molecule has 0 heterocycles. The lowest BCUT2D eigenvalue weighted by Crippen LogP contribution is -2.63. The highest BCUT2D eigenvalue weighted by atomic mass is 16.6. The van der Waals surface area contributed by atoms with Gasteiger partial charge in [0.25, 0.3) is 0 Å². The van der Waals surface area contributed by atoms with Crippen LogP contribution >= 0.6 is 0 Å². The summed E-state index contributed by atoms with van der Waals surface area (Å²) in [6.45, 7) is 11.8. The Labute approximate surface area is 255 Å². The molecule has 3 aliphatic rings. The number of hydrogen-bond donors (Lipinski definition) is 1. The lowest BCUT2D eigenvalue weighted by Gasteiger charge is -2.61. The third kappa shape index (κ3) is 5.50. The van der Waals surface area contributed by atoms with Gasteiger partial charge in [0.05, 0.1) is 6.10 Å². The van der Waals surface area contributed by atoms with Gasteiger partial charge in [0.15, 0.2) is 6.61 Å². The molecule has 2 unspecified atom stereocenters. The van der Waals surface area contributed by atoms with Crippen molar-refractivity contribution in [3.05, 3.63) is 78.9 Å². The molecular formula is C37H44O6. The van der Waals surface area contributed by atoms with Crippen LogP contribution < -0.4 is 0 Å².